The van der Waals surface area contributed by atoms with Crippen LogP contribution in [0.4, 0.5) is 0 Å². The van der Waals surface area contributed by atoms with E-state index < -0.39 is 0 Å². The summed E-state index contributed by atoms with van der Waals surface area (Å²) in [6.45, 7) is 0.979. The summed E-state index contributed by atoms with van der Waals surface area (Å²) >= 11 is 3.41. The van der Waals surface area contributed by atoms with Crippen molar-refractivity contribution < 1.29 is 14.3 Å². The molecule has 150 valence electrons. The van der Waals surface area contributed by atoms with Gasteiger partial charge in [-0.15, -0.1) is 0 Å². The van der Waals surface area contributed by atoms with Crippen molar-refractivity contribution in [3.63, 3.8) is 0 Å². The molecule has 0 fully saturated rings. The van der Waals surface area contributed by atoms with Crippen molar-refractivity contribution in [2.24, 2.45) is 0 Å². The molecule has 0 aliphatic carbocycles. The number of amides is 1. The lowest BCUT2D eigenvalue weighted by Gasteiger charge is -2.19. The van der Waals surface area contributed by atoms with Gasteiger partial charge in [-0.1, -0.05) is 64.5 Å². The lowest BCUT2D eigenvalue weighted by atomic mass is 10.1. The standard InChI is InChI=1S/C24H24BrNO3/c1-26(24(27)15-18-8-11-21(25)12-9-18)16-20-10-13-22(23(14-20)28-2)29-17-19-6-4-3-5-7-19/h3-14H,15-17H2,1-2H3. The summed E-state index contributed by atoms with van der Waals surface area (Å²) in [5.41, 5.74) is 3.07. The van der Waals surface area contributed by atoms with Crippen LogP contribution in [0, 0.1) is 0 Å². The monoisotopic (exact) mass is 453 g/mol. The molecule has 0 saturated carbocycles. The molecule has 0 aromatic heterocycles. The Hall–Kier alpha value is -2.79. The highest BCUT2D eigenvalue weighted by Gasteiger charge is 2.12. The van der Waals surface area contributed by atoms with Crippen molar-refractivity contribution in [3.8, 4) is 11.5 Å². The highest BCUT2D eigenvalue weighted by atomic mass is 79.9. The zero-order chi connectivity index (χ0) is 20.6. The summed E-state index contributed by atoms with van der Waals surface area (Å²) in [5, 5.41) is 0. The third-order valence-electron chi connectivity index (χ3n) is 4.58. The predicted octanol–water partition coefficient (Wildman–Crippen LogP) is 5.24. The maximum atomic E-state index is 12.5. The van der Waals surface area contributed by atoms with Gasteiger partial charge in [-0.05, 0) is 41.0 Å². The summed E-state index contributed by atoms with van der Waals surface area (Å²) in [5.74, 6) is 1.41. The maximum absolute atomic E-state index is 12.5. The lowest BCUT2D eigenvalue weighted by molar-refractivity contribution is -0.129. The molecule has 3 aromatic rings. The van der Waals surface area contributed by atoms with Crippen molar-refractivity contribution in [1.82, 2.24) is 4.90 Å². The normalized spacial score (nSPS) is 10.4. The minimum absolute atomic E-state index is 0.0655. The molecule has 0 heterocycles. The van der Waals surface area contributed by atoms with Crippen LogP contribution >= 0.6 is 15.9 Å². The molecule has 4 nitrogen and oxygen atoms in total. The van der Waals surface area contributed by atoms with Gasteiger partial charge in [0.05, 0.1) is 13.5 Å². The van der Waals surface area contributed by atoms with Crippen LogP contribution in [0.3, 0.4) is 0 Å². The van der Waals surface area contributed by atoms with E-state index in [2.05, 4.69) is 15.9 Å². The van der Waals surface area contributed by atoms with Crippen LogP contribution in [0.2, 0.25) is 0 Å². The quantitative estimate of drug-likeness (QED) is 0.468. The van der Waals surface area contributed by atoms with E-state index in [0.717, 1.165) is 21.2 Å². The van der Waals surface area contributed by atoms with Gasteiger partial charge in [0.1, 0.15) is 6.61 Å². The molecular weight excluding hydrogens is 430 g/mol. The molecule has 0 bridgehead atoms. The summed E-state index contributed by atoms with van der Waals surface area (Å²) in [4.78, 5) is 14.3. The molecular formula is C24H24BrNO3. The number of hydrogen-bond acceptors (Lipinski definition) is 3. The van der Waals surface area contributed by atoms with E-state index in [9.17, 15) is 4.79 Å². The second kappa shape index (κ2) is 10.1. The molecule has 3 rings (SSSR count). The van der Waals surface area contributed by atoms with Gasteiger partial charge in [0.2, 0.25) is 5.91 Å². The minimum Gasteiger partial charge on any atom is -0.493 e. The van der Waals surface area contributed by atoms with Crippen molar-refractivity contribution in [2.45, 2.75) is 19.6 Å². The Balaban J connectivity index is 1.61. The van der Waals surface area contributed by atoms with Crippen molar-refractivity contribution >= 4 is 21.8 Å². The lowest BCUT2D eigenvalue weighted by Crippen LogP contribution is -2.27. The zero-order valence-electron chi connectivity index (χ0n) is 16.6. The molecule has 0 N–H and O–H groups in total. The molecule has 0 saturated heterocycles. The fourth-order valence-corrected chi connectivity index (χ4v) is 3.20. The van der Waals surface area contributed by atoms with Crippen LogP contribution in [-0.4, -0.2) is 25.0 Å². The van der Waals surface area contributed by atoms with Crippen LogP contribution in [0.5, 0.6) is 11.5 Å². The van der Waals surface area contributed by atoms with Gasteiger partial charge in [-0.25, -0.2) is 0 Å². The Kier molecular flexibility index (Phi) is 7.30. The highest BCUT2D eigenvalue weighted by Crippen LogP contribution is 2.29. The average Bonchev–Trinajstić information content (AvgIpc) is 2.75. The molecule has 0 radical (unpaired) electrons. The van der Waals surface area contributed by atoms with E-state index in [4.69, 9.17) is 9.47 Å². The van der Waals surface area contributed by atoms with Gasteiger partial charge in [-0.3, -0.25) is 4.79 Å². The zero-order valence-corrected chi connectivity index (χ0v) is 18.2. The predicted molar refractivity (Wildman–Crippen MR) is 118 cm³/mol. The van der Waals surface area contributed by atoms with Crippen LogP contribution in [0.25, 0.3) is 0 Å². The summed E-state index contributed by atoms with van der Waals surface area (Å²) in [6, 6.07) is 23.6. The fraction of sp³-hybridized carbons (Fsp3) is 0.208. The molecule has 29 heavy (non-hydrogen) atoms. The number of hydrogen-bond donors (Lipinski definition) is 0. The van der Waals surface area contributed by atoms with Gasteiger partial charge < -0.3 is 14.4 Å². The average molecular weight is 454 g/mol. The van der Waals surface area contributed by atoms with Crippen LogP contribution in [0.15, 0.2) is 77.3 Å². The largest absolute Gasteiger partial charge is 0.493 e. The van der Waals surface area contributed by atoms with E-state index in [1.165, 1.54) is 0 Å². The third-order valence-corrected chi connectivity index (χ3v) is 5.11. The summed E-state index contributed by atoms with van der Waals surface area (Å²) < 4.78 is 12.4. The molecule has 0 atom stereocenters. The number of carbonyl (C=O) groups is 1. The van der Waals surface area contributed by atoms with Crippen molar-refractivity contribution in [2.75, 3.05) is 14.2 Å². The maximum Gasteiger partial charge on any atom is 0.227 e. The Morgan fingerprint density at radius 2 is 1.59 bits per heavy atom. The van der Waals surface area contributed by atoms with E-state index in [-0.39, 0.29) is 5.91 Å². The number of benzene rings is 3. The molecule has 0 unspecified atom stereocenters. The van der Waals surface area contributed by atoms with Gasteiger partial charge in [0.15, 0.2) is 11.5 Å². The first-order valence-corrected chi connectivity index (χ1v) is 10.2. The SMILES string of the molecule is COc1cc(CN(C)C(=O)Cc2ccc(Br)cc2)ccc1OCc1ccccc1. The van der Waals surface area contributed by atoms with E-state index >= 15 is 0 Å². The third kappa shape index (κ3) is 6.09. The Labute approximate surface area is 180 Å². The topological polar surface area (TPSA) is 38.8 Å². The first kappa shape index (κ1) is 20.9. The molecule has 3 aromatic carbocycles. The summed E-state index contributed by atoms with van der Waals surface area (Å²) in [6.07, 6.45) is 0.374. The Morgan fingerprint density at radius 1 is 0.897 bits per heavy atom. The van der Waals surface area contributed by atoms with E-state index in [1.54, 1.807) is 12.0 Å². The first-order valence-electron chi connectivity index (χ1n) is 9.37. The first-order chi connectivity index (χ1) is 14.0. The van der Waals surface area contributed by atoms with E-state index in [0.29, 0.717) is 31.1 Å². The smallest absolute Gasteiger partial charge is 0.227 e. The molecule has 5 heteroatoms. The molecule has 0 spiro atoms. The number of likely N-dealkylation sites (N-methyl/N-ethyl adjacent to an activating group) is 1. The van der Waals surface area contributed by atoms with Crippen LogP contribution in [-0.2, 0) is 24.4 Å². The number of halogens is 1. The Morgan fingerprint density at radius 3 is 2.28 bits per heavy atom. The number of ether oxygens (including phenoxy) is 2. The summed E-state index contributed by atoms with van der Waals surface area (Å²) in [7, 11) is 3.43. The van der Waals surface area contributed by atoms with Gasteiger partial charge in [0, 0.05) is 18.1 Å². The Bertz CT molecular complexity index is 942. The van der Waals surface area contributed by atoms with Crippen LogP contribution < -0.4 is 9.47 Å². The van der Waals surface area contributed by atoms with E-state index in [1.807, 2.05) is 79.8 Å². The number of methoxy groups -OCH3 is 1. The second-order valence-corrected chi connectivity index (χ2v) is 7.73. The highest BCUT2D eigenvalue weighted by molar-refractivity contribution is 9.10. The number of rotatable bonds is 8. The number of carbonyl (C=O) groups excluding carboxylic acids is 1. The van der Waals surface area contributed by atoms with Crippen molar-refractivity contribution in [1.29, 1.82) is 0 Å². The van der Waals surface area contributed by atoms with Gasteiger partial charge in [-0.2, -0.15) is 0 Å². The fourth-order valence-electron chi connectivity index (χ4n) is 2.94. The minimum atomic E-state index is 0.0655. The van der Waals surface area contributed by atoms with Gasteiger partial charge >= 0.3 is 0 Å². The molecule has 0 aliphatic heterocycles. The second-order valence-electron chi connectivity index (χ2n) is 6.81. The molecule has 1 amide bonds. The van der Waals surface area contributed by atoms with Crippen LogP contribution in [0.1, 0.15) is 16.7 Å². The molecule has 0 aliphatic rings. The van der Waals surface area contributed by atoms with Gasteiger partial charge in [0.25, 0.3) is 0 Å². The van der Waals surface area contributed by atoms with Crippen molar-refractivity contribution in [3.05, 3.63) is 94.0 Å². The number of nitrogens with zero attached hydrogens (tertiary/aromatic N) is 1.